The Bertz CT molecular complexity index is 953. The Kier molecular flexibility index (Phi) is 4.80. The first-order valence-electron chi connectivity index (χ1n) is 8.63. The lowest BCUT2D eigenvalue weighted by Crippen LogP contribution is -2.45. The van der Waals surface area contributed by atoms with E-state index < -0.39 is 10.0 Å². The summed E-state index contributed by atoms with van der Waals surface area (Å²) in [5.41, 5.74) is 4.32. The summed E-state index contributed by atoms with van der Waals surface area (Å²) in [5, 5.41) is 0. The topological polar surface area (TPSA) is 57.7 Å². The van der Waals surface area contributed by atoms with Gasteiger partial charge < -0.3 is 4.90 Å². The molecule has 0 fully saturated rings. The first-order valence-corrected chi connectivity index (χ1v) is 10.5. The van der Waals surface area contributed by atoms with Crippen molar-refractivity contribution in [3.05, 3.63) is 59.2 Å². The monoisotopic (exact) mass is 372 g/mol. The highest BCUT2D eigenvalue weighted by Crippen LogP contribution is 2.32. The molecule has 1 atom stereocenters. The van der Waals surface area contributed by atoms with Gasteiger partial charge in [-0.05, 0) is 56.0 Å². The Balaban J connectivity index is 1.96. The van der Waals surface area contributed by atoms with Gasteiger partial charge in [0.1, 0.15) is 6.54 Å². The van der Waals surface area contributed by atoms with Crippen molar-refractivity contribution in [1.29, 1.82) is 0 Å². The van der Waals surface area contributed by atoms with Crippen LogP contribution in [-0.2, 0) is 21.2 Å². The highest BCUT2D eigenvalue weighted by molar-refractivity contribution is 7.92. The number of para-hydroxylation sites is 1. The number of carbonyl (C=O) groups is 1. The van der Waals surface area contributed by atoms with Crippen molar-refractivity contribution in [3.63, 3.8) is 0 Å². The van der Waals surface area contributed by atoms with Gasteiger partial charge in [0.05, 0.1) is 11.9 Å². The number of rotatable bonds is 4. The molecule has 1 aliphatic heterocycles. The molecule has 0 saturated carbocycles. The average Bonchev–Trinajstić information content (AvgIpc) is 2.89. The molecule has 26 heavy (non-hydrogen) atoms. The molecule has 0 N–H and O–H groups in total. The summed E-state index contributed by atoms with van der Waals surface area (Å²) in [7, 11) is -3.59. The molecule has 0 aromatic heterocycles. The third-order valence-corrected chi connectivity index (χ3v) is 5.91. The molecule has 1 heterocycles. The van der Waals surface area contributed by atoms with Crippen molar-refractivity contribution in [3.8, 4) is 0 Å². The van der Waals surface area contributed by atoms with Crippen LogP contribution >= 0.6 is 0 Å². The van der Waals surface area contributed by atoms with E-state index in [9.17, 15) is 13.2 Å². The van der Waals surface area contributed by atoms with Crippen LogP contribution in [0.4, 0.5) is 11.4 Å². The van der Waals surface area contributed by atoms with E-state index in [1.165, 1.54) is 4.31 Å². The van der Waals surface area contributed by atoms with Gasteiger partial charge in [-0.1, -0.05) is 30.3 Å². The van der Waals surface area contributed by atoms with Gasteiger partial charge in [-0.25, -0.2) is 8.42 Å². The molecule has 1 amide bonds. The fraction of sp³-hybridized carbons (Fsp3) is 0.350. The quantitative estimate of drug-likeness (QED) is 0.829. The lowest BCUT2D eigenvalue weighted by Gasteiger charge is -2.28. The fourth-order valence-electron chi connectivity index (χ4n) is 3.51. The van der Waals surface area contributed by atoms with E-state index >= 15 is 0 Å². The number of amides is 1. The number of nitrogens with zero attached hydrogens (tertiary/aromatic N) is 2. The summed E-state index contributed by atoms with van der Waals surface area (Å²) in [6.07, 6.45) is 1.92. The molecule has 1 aliphatic rings. The van der Waals surface area contributed by atoms with Crippen LogP contribution in [0.3, 0.4) is 0 Å². The number of hydrogen-bond donors (Lipinski definition) is 0. The van der Waals surface area contributed by atoms with Crippen molar-refractivity contribution in [2.45, 2.75) is 33.2 Å². The maximum Gasteiger partial charge on any atom is 0.248 e. The molecule has 6 heteroatoms. The second kappa shape index (κ2) is 6.76. The Labute approximate surface area is 155 Å². The lowest BCUT2D eigenvalue weighted by molar-refractivity contribution is -0.117. The largest absolute Gasteiger partial charge is 0.307 e. The normalized spacial score (nSPS) is 16.5. The van der Waals surface area contributed by atoms with E-state index in [1.807, 2.05) is 63.2 Å². The van der Waals surface area contributed by atoms with Crippen LogP contribution in [0.25, 0.3) is 0 Å². The summed E-state index contributed by atoms with van der Waals surface area (Å²) in [6.45, 7) is 5.54. The van der Waals surface area contributed by atoms with Gasteiger partial charge in [0.25, 0.3) is 0 Å². The van der Waals surface area contributed by atoms with Crippen molar-refractivity contribution in [1.82, 2.24) is 0 Å². The van der Waals surface area contributed by atoms with Crippen molar-refractivity contribution in [2.75, 3.05) is 22.0 Å². The van der Waals surface area contributed by atoms with Crippen LogP contribution in [0.1, 0.15) is 23.6 Å². The van der Waals surface area contributed by atoms with Gasteiger partial charge in [0, 0.05) is 11.7 Å². The van der Waals surface area contributed by atoms with Crippen LogP contribution in [0, 0.1) is 13.8 Å². The zero-order valence-electron chi connectivity index (χ0n) is 15.6. The van der Waals surface area contributed by atoms with Gasteiger partial charge in [-0.3, -0.25) is 9.10 Å². The second-order valence-electron chi connectivity index (χ2n) is 7.01. The third kappa shape index (κ3) is 3.46. The standard InChI is InChI=1S/C20H24N2O3S/c1-14-9-10-15(2)19(11-14)21(26(4,24)25)13-20(23)22-16(3)12-17-7-5-6-8-18(17)22/h5-11,16H,12-13H2,1-4H3/t16-/m1/s1. The predicted molar refractivity (Wildman–Crippen MR) is 105 cm³/mol. The van der Waals surface area contributed by atoms with E-state index in [2.05, 4.69) is 0 Å². The van der Waals surface area contributed by atoms with E-state index in [0.717, 1.165) is 35.1 Å². The van der Waals surface area contributed by atoms with Gasteiger partial charge in [0.2, 0.25) is 15.9 Å². The van der Waals surface area contributed by atoms with E-state index in [0.29, 0.717) is 5.69 Å². The van der Waals surface area contributed by atoms with Crippen molar-refractivity contribution < 1.29 is 13.2 Å². The summed E-state index contributed by atoms with van der Waals surface area (Å²) in [6, 6.07) is 13.4. The molecular formula is C20H24N2O3S. The van der Waals surface area contributed by atoms with E-state index in [-0.39, 0.29) is 18.5 Å². The second-order valence-corrected chi connectivity index (χ2v) is 8.91. The van der Waals surface area contributed by atoms with Crippen LogP contribution in [-0.4, -0.2) is 33.2 Å². The van der Waals surface area contributed by atoms with Crippen LogP contribution in [0.5, 0.6) is 0 Å². The summed E-state index contributed by atoms with van der Waals surface area (Å²) < 4.78 is 26.1. The number of fused-ring (bicyclic) bond motifs is 1. The molecule has 0 unspecified atom stereocenters. The highest BCUT2D eigenvalue weighted by atomic mass is 32.2. The smallest absolute Gasteiger partial charge is 0.248 e. The van der Waals surface area contributed by atoms with Crippen LogP contribution in [0.15, 0.2) is 42.5 Å². The molecule has 3 rings (SSSR count). The average molecular weight is 372 g/mol. The van der Waals surface area contributed by atoms with Gasteiger partial charge in [0.15, 0.2) is 0 Å². The first-order chi connectivity index (χ1) is 12.2. The van der Waals surface area contributed by atoms with Crippen LogP contribution in [0.2, 0.25) is 0 Å². The fourth-order valence-corrected chi connectivity index (χ4v) is 4.41. The zero-order valence-corrected chi connectivity index (χ0v) is 16.4. The molecule has 5 nitrogen and oxygen atoms in total. The Hall–Kier alpha value is -2.34. The van der Waals surface area contributed by atoms with Gasteiger partial charge in [-0.2, -0.15) is 0 Å². The Morgan fingerprint density at radius 1 is 1.19 bits per heavy atom. The summed E-state index contributed by atoms with van der Waals surface area (Å²) in [4.78, 5) is 14.8. The minimum absolute atomic E-state index is 0.0138. The van der Waals surface area contributed by atoms with E-state index in [1.54, 1.807) is 4.90 Å². The lowest BCUT2D eigenvalue weighted by atomic mass is 10.1. The Morgan fingerprint density at radius 3 is 2.58 bits per heavy atom. The molecule has 0 spiro atoms. The predicted octanol–water partition coefficient (Wildman–Crippen LogP) is 3.05. The highest BCUT2D eigenvalue weighted by Gasteiger charge is 2.33. The molecule has 2 aromatic carbocycles. The minimum atomic E-state index is -3.59. The molecule has 0 saturated heterocycles. The number of benzene rings is 2. The maximum atomic E-state index is 13.1. The van der Waals surface area contributed by atoms with Crippen molar-refractivity contribution in [2.24, 2.45) is 0 Å². The SMILES string of the molecule is Cc1ccc(C)c(N(CC(=O)N2c3ccccc3C[C@H]2C)S(C)(=O)=O)c1. The summed E-state index contributed by atoms with van der Waals surface area (Å²) in [5.74, 6) is -0.214. The molecule has 0 aliphatic carbocycles. The first kappa shape index (κ1) is 18.5. The zero-order chi connectivity index (χ0) is 19.1. The minimum Gasteiger partial charge on any atom is -0.307 e. The number of sulfonamides is 1. The molecular weight excluding hydrogens is 348 g/mol. The number of aryl methyl sites for hydroxylation is 2. The van der Waals surface area contributed by atoms with Crippen LogP contribution < -0.4 is 9.21 Å². The molecule has 0 radical (unpaired) electrons. The van der Waals surface area contributed by atoms with Gasteiger partial charge in [-0.15, -0.1) is 0 Å². The molecule has 138 valence electrons. The molecule has 2 aromatic rings. The number of hydrogen-bond acceptors (Lipinski definition) is 3. The maximum absolute atomic E-state index is 13.1. The Morgan fingerprint density at radius 2 is 1.88 bits per heavy atom. The number of carbonyl (C=O) groups excluding carboxylic acids is 1. The van der Waals surface area contributed by atoms with Crippen molar-refractivity contribution >= 4 is 27.3 Å². The third-order valence-electron chi connectivity index (χ3n) is 4.79. The number of anilines is 2. The van der Waals surface area contributed by atoms with E-state index in [4.69, 9.17) is 0 Å². The van der Waals surface area contributed by atoms with Gasteiger partial charge >= 0.3 is 0 Å². The molecule has 0 bridgehead atoms. The summed E-state index contributed by atoms with van der Waals surface area (Å²) >= 11 is 0.